The maximum absolute atomic E-state index is 12.6. The van der Waals surface area contributed by atoms with E-state index in [1.807, 2.05) is 13.2 Å². The fourth-order valence-corrected chi connectivity index (χ4v) is 3.36. The van der Waals surface area contributed by atoms with Gasteiger partial charge >= 0.3 is 5.97 Å². The van der Waals surface area contributed by atoms with E-state index in [9.17, 15) is 24.3 Å². The Balaban J connectivity index is 2.61. The van der Waals surface area contributed by atoms with Gasteiger partial charge in [0.1, 0.15) is 12.1 Å². The SMILES string of the molecule is CCC(C)C(NC(=O)C(CCSC)NC(=O)CNC(=O)C1CCCN1)C(=O)O. The van der Waals surface area contributed by atoms with E-state index in [1.54, 1.807) is 6.92 Å². The van der Waals surface area contributed by atoms with Gasteiger partial charge in [-0.05, 0) is 43.7 Å². The Morgan fingerprint density at radius 1 is 1.25 bits per heavy atom. The van der Waals surface area contributed by atoms with Gasteiger partial charge in [-0.25, -0.2) is 4.79 Å². The van der Waals surface area contributed by atoms with Gasteiger partial charge in [-0.15, -0.1) is 0 Å². The Morgan fingerprint density at radius 3 is 2.50 bits per heavy atom. The van der Waals surface area contributed by atoms with E-state index in [0.29, 0.717) is 18.6 Å². The summed E-state index contributed by atoms with van der Waals surface area (Å²) in [6.45, 7) is 4.15. The molecular weight excluding hydrogens is 384 g/mol. The molecule has 9 nitrogen and oxygen atoms in total. The molecule has 1 fully saturated rings. The first-order chi connectivity index (χ1) is 13.3. The summed E-state index contributed by atoms with van der Waals surface area (Å²) in [5.41, 5.74) is 0. The van der Waals surface area contributed by atoms with Crippen molar-refractivity contribution in [2.75, 3.05) is 25.1 Å². The lowest BCUT2D eigenvalue weighted by Crippen LogP contribution is -2.55. The number of aliphatic carboxylic acids is 1. The number of carboxylic acid groups (broad SMARTS) is 1. The number of hydrogen-bond donors (Lipinski definition) is 5. The molecule has 0 aromatic heterocycles. The molecule has 160 valence electrons. The standard InChI is InChI=1S/C18H32N4O5S/c1-4-11(2)15(18(26)27)22-17(25)13(7-9-28-3)21-14(23)10-20-16(24)12-6-5-8-19-12/h11-13,15,19H,4-10H2,1-3H3,(H,20,24)(H,21,23)(H,22,25)(H,26,27). The average Bonchev–Trinajstić information content (AvgIpc) is 3.21. The lowest BCUT2D eigenvalue weighted by molar-refractivity contribution is -0.143. The van der Waals surface area contributed by atoms with Crippen molar-refractivity contribution in [3.05, 3.63) is 0 Å². The quantitative estimate of drug-likeness (QED) is 0.295. The lowest BCUT2D eigenvalue weighted by Gasteiger charge is -2.24. The molecule has 1 heterocycles. The largest absolute Gasteiger partial charge is 0.480 e. The number of rotatable bonds is 12. The molecule has 1 aliphatic rings. The van der Waals surface area contributed by atoms with Crippen molar-refractivity contribution in [2.24, 2.45) is 5.92 Å². The van der Waals surface area contributed by atoms with Crippen LogP contribution in [0.2, 0.25) is 0 Å². The minimum absolute atomic E-state index is 0.228. The van der Waals surface area contributed by atoms with Crippen molar-refractivity contribution in [1.29, 1.82) is 0 Å². The summed E-state index contributed by atoms with van der Waals surface area (Å²) in [5, 5.41) is 20.1. The summed E-state index contributed by atoms with van der Waals surface area (Å²) in [7, 11) is 0. The van der Waals surface area contributed by atoms with Crippen molar-refractivity contribution >= 4 is 35.5 Å². The van der Waals surface area contributed by atoms with Gasteiger partial charge in [0.25, 0.3) is 0 Å². The summed E-state index contributed by atoms with van der Waals surface area (Å²) in [5.74, 6) is -1.97. The van der Waals surface area contributed by atoms with Gasteiger partial charge < -0.3 is 26.4 Å². The molecule has 5 N–H and O–H groups in total. The van der Waals surface area contributed by atoms with Crippen LogP contribution in [0.4, 0.5) is 0 Å². The van der Waals surface area contributed by atoms with Gasteiger partial charge in [0.05, 0.1) is 12.6 Å². The molecule has 0 spiro atoms. The van der Waals surface area contributed by atoms with Crippen LogP contribution < -0.4 is 21.3 Å². The van der Waals surface area contributed by atoms with Crippen LogP contribution in [0.25, 0.3) is 0 Å². The highest BCUT2D eigenvalue weighted by Crippen LogP contribution is 2.09. The smallest absolute Gasteiger partial charge is 0.326 e. The number of thioether (sulfide) groups is 1. The first kappa shape index (κ1) is 24.2. The maximum Gasteiger partial charge on any atom is 0.326 e. The zero-order valence-electron chi connectivity index (χ0n) is 16.7. The molecule has 0 aliphatic carbocycles. The number of carboxylic acids is 1. The number of amides is 3. The van der Waals surface area contributed by atoms with Crippen LogP contribution >= 0.6 is 11.8 Å². The van der Waals surface area contributed by atoms with Gasteiger partial charge in [-0.2, -0.15) is 11.8 Å². The van der Waals surface area contributed by atoms with Gasteiger partial charge in [-0.1, -0.05) is 20.3 Å². The fourth-order valence-electron chi connectivity index (χ4n) is 2.89. The average molecular weight is 417 g/mol. The summed E-state index contributed by atoms with van der Waals surface area (Å²) in [6.07, 6.45) is 4.50. The fraction of sp³-hybridized carbons (Fsp3) is 0.778. The van der Waals surface area contributed by atoms with Gasteiger partial charge in [0.2, 0.25) is 17.7 Å². The van der Waals surface area contributed by atoms with E-state index in [4.69, 9.17) is 0 Å². The van der Waals surface area contributed by atoms with E-state index in [0.717, 1.165) is 19.4 Å². The minimum atomic E-state index is -1.10. The molecule has 4 unspecified atom stereocenters. The van der Waals surface area contributed by atoms with E-state index < -0.39 is 29.9 Å². The molecule has 0 radical (unpaired) electrons. The predicted molar refractivity (Wildman–Crippen MR) is 108 cm³/mol. The molecule has 1 aliphatic heterocycles. The Hall–Kier alpha value is -1.81. The van der Waals surface area contributed by atoms with E-state index in [2.05, 4.69) is 21.3 Å². The first-order valence-electron chi connectivity index (χ1n) is 9.62. The lowest BCUT2D eigenvalue weighted by atomic mass is 9.99. The third-order valence-electron chi connectivity index (χ3n) is 4.84. The van der Waals surface area contributed by atoms with Crippen LogP contribution in [0, 0.1) is 5.92 Å². The Kier molecular flexibility index (Phi) is 10.9. The first-order valence-corrected chi connectivity index (χ1v) is 11.0. The zero-order chi connectivity index (χ0) is 21.1. The zero-order valence-corrected chi connectivity index (χ0v) is 17.6. The van der Waals surface area contributed by atoms with Gasteiger partial charge in [0, 0.05) is 0 Å². The number of carbonyl (C=O) groups excluding carboxylic acids is 3. The van der Waals surface area contributed by atoms with E-state index in [-0.39, 0.29) is 24.4 Å². The summed E-state index contributed by atoms with van der Waals surface area (Å²) >= 11 is 1.52. The van der Waals surface area contributed by atoms with Crippen molar-refractivity contribution in [3.63, 3.8) is 0 Å². The van der Waals surface area contributed by atoms with E-state index in [1.165, 1.54) is 11.8 Å². The van der Waals surface area contributed by atoms with Crippen molar-refractivity contribution in [3.8, 4) is 0 Å². The molecule has 0 bridgehead atoms. The second-order valence-electron chi connectivity index (χ2n) is 6.98. The molecule has 0 aromatic carbocycles. The minimum Gasteiger partial charge on any atom is -0.480 e. The molecular formula is C18H32N4O5S. The van der Waals surface area contributed by atoms with Crippen molar-refractivity contribution < 1.29 is 24.3 Å². The van der Waals surface area contributed by atoms with Gasteiger partial charge in [-0.3, -0.25) is 14.4 Å². The molecule has 0 saturated carbocycles. The Morgan fingerprint density at radius 2 is 1.96 bits per heavy atom. The normalized spacial score (nSPS) is 19.3. The van der Waals surface area contributed by atoms with E-state index >= 15 is 0 Å². The van der Waals surface area contributed by atoms with Crippen LogP contribution in [-0.4, -0.2) is 72.0 Å². The molecule has 0 aromatic rings. The second kappa shape index (κ2) is 12.6. The molecule has 4 atom stereocenters. The van der Waals surface area contributed by atoms with Gasteiger partial charge in [0.15, 0.2) is 0 Å². The highest BCUT2D eigenvalue weighted by Gasteiger charge is 2.29. The van der Waals surface area contributed by atoms with Crippen LogP contribution in [0.15, 0.2) is 0 Å². The molecule has 10 heteroatoms. The van der Waals surface area contributed by atoms with Crippen molar-refractivity contribution in [1.82, 2.24) is 21.3 Å². The monoisotopic (exact) mass is 416 g/mol. The van der Waals surface area contributed by atoms with Crippen LogP contribution in [0.3, 0.4) is 0 Å². The highest BCUT2D eigenvalue weighted by atomic mass is 32.2. The summed E-state index contributed by atoms with van der Waals surface area (Å²) in [6, 6.07) is -2.15. The highest BCUT2D eigenvalue weighted by molar-refractivity contribution is 7.98. The van der Waals surface area contributed by atoms with Crippen molar-refractivity contribution in [2.45, 2.75) is 57.7 Å². The second-order valence-corrected chi connectivity index (χ2v) is 7.96. The summed E-state index contributed by atoms with van der Waals surface area (Å²) < 4.78 is 0. The molecule has 1 saturated heterocycles. The number of hydrogen-bond acceptors (Lipinski definition) is 6. The molecule has 28 heavy (non-hydrogen) atoms. The number of nitrogens with one attached hydrogen (secondary N) is 4. The molecule has 1 rings (SSSR count). The third-order valence-corrected chi connectivity index (χ3v) is 5.48. The predicted octanol–water partition coefficient (Wildman–Crippen LogP) is -0.292. The maximum atomic E-state index is 12.6. The number of carbonyl (C=O) groups is 4. The topological polar surface area (TPSA) is 137 Å². The summed E-state index contributed by atoms with van der Waals surface area (Å²) in [4.78, 5) is 48.2. The van der Waals surface area contributed by atoms with Crippen LogP contribution in [0.5, 0.6) is 0 Å². The third kappa shape index (κ3) is 8.05. The Labute approximate surface area is 170 Å². The molecule has 3 amide bonds. The van der Waals surface area contributed by atoms with Crippen LogP contribution in [0.1, 0.15) is 39.5 Å². The van der Waals surface area contributed by atoms with Crippen LogP contribution in [-0.2, 0) is 19.2 Å². The Bertz CT molecular complexity index is 554.